The van der Waals surface area contributed by atoms with Crippen molar-refractivity contribution in [3.05, 3.63) is 77.2 Å². The van der Waals surface area contributed by atoms with Crippen molar-refractivity contribution in [3.8, 4) is 5.75 Å². The first kappa shape index (κ1) is 20.7. The third-order valence-corrected chi connectivity index (χ3v) is 7.05. The Morgan fingerprint density at radius 2 is 1.94 bits per heavy atom. The van der Waals surface area contributed by atoms with Crippen LogP contribution in [0.25, 0.3) is 21.1 Å². The summed E-state index contributed by atoms with van der Waals surface area (Å²) in [6.45, 7) is 2.70. The quantitative estimate of drug-likeness (QED) is 0.332. The molecule has 5 aromatic rings. The highest BCUT2D eigenvalue weighted by molar-refractivity contribution is 7.79. The minimum Gasteiger partial charge on any atom is -0.768 e. The van der Waals surface area contributed by atoms with E-state index in [-0.39, 0.29) is 4.90 Å². The van der Waals surface area contributed by atoms with Gasteiger partial charge in [0.05, 0.1) is 24.7 Å². The van der Waals surface area contributed by atoms with Gasteiger partial charge in [0.25, 0.3) is 0 Å². The number of ether oxygens (including phenoxy) is 1. The maximum atomic E-state index is 11.5. The molecular weight excluding hydrogens is 442 g/mol. The second-order valence-corrected chi connectivity index (χ2v) is 9.37. The van der Waals surface area contributed by atoms with Crippen LogP contribution in [0.2, 0.25) is 0 Å². The molecule has 0 saturated heterocycles. The third kappa shape index (κ3) is 3.88. The van der Waals surface area contributed by atoms with Crippen molar-refractivity contribution in [3.63, 3.8) is 0 Å². The van der Waals surface area contributed by atoms with Gasteiger partial charge in [0.15, 0.2) is 0 Å². The molecule has 1 unspecified atom stereocenters. The van der Waals surface area contributed by atoms with Gasteiger partial charge in [-0.25, -0.2) is 4.98 Å². The van der Waals surface area contributed by atoms with E-state index in [4.69, 9.17) is 9.72 Å². The molecule has 2 aromatic heterocycles. The first-order chi connectivity index (χ1) is 15.5. The van der Waals surface area contributed by atoms with Gasteiger partial charge in [0, 0.05) is 15.3 Å². The average molecular weight is 463 g/mol. The Kier molecular flexibility index (Phi) is 5.42. The molecule has 162 valence electrons. The zero-order valence-electron chi connectivity index (χ0n) is 17.5. The zero-order chi connectivity index (χ0) is 22.2. The Morgan fingerprint density at radius 1 is 1.12 bits per heavy atom. The highest BCUT2D eigenvalue weighted by Gasteiger charge is 2.15. The normalized spacial score (nSPS) is 12.3. The maximum Gasteiger partial charge on any atom is 0.208 e. The molecule has 8 heteroatoms. The van der Waals surface area contributed by atoms with Gasteiger partial charge in [-0.15, -0.1) is 11.3 Å². The number of benzene rings is 3. The van der Waals surface area contributed by atoms with Gasteiger partial charge in [-0.3, -0.25) is 4.21 Å². The second-order valence-electron chi connectivity index (χ2n) is 7.52. The van der Waals surface area contributed by atoms with E-state index < -0.39 is 11.1 Å². The Bertz CT molecular complexity index is 1460. The molecule has 5 rings (SSSR count). The number of aryl methyl sites for hydroxylation is 1. The lowest BCUT2D eigenvalue weighted by molar-refractivity contribution is 0.415. The molecule has 0 fully saturated rings. The molecule has 0 radical (unpaired) electrons. The van der Waals surface area contributed by atoms with Crippen LogP contribution in [-0.4, -0.2) is 25.4 Å². The van der Waals surface area contributed by atoms with E-state index in [0.717, 1.165) is 17.0 Å². The standard InChI is InChI=1S/C24H21N3O3S2/c1-15-3-10-23-20(11-15)16(14-31-23)13-27-22-9-8-19(32(28)29)12-21(22)26-24(27)25-17-4-6-18(30-2)7-5-17/h3-12,14H,13H2,1-2H3,(H,25,26)(H,28,29)/p-1. The molecule has 6 nitrogen and oxygen atoms in total. The van der Waals surface area contributed by atoms with Gasteiger partial charge in [0.1, 0.15) is 5.75 Å². The van der Waals surface area contributed by atoms with Gasteiger partial charge in [-0.05, 0) is 82.9 Å². The summed E-state index contributed by atoms with van der Waals surface area (Å²) in [6, 6.07) is 19.1. The van der Waals surface area contributed by atoms with E-state index in [0.29, 0.717) is 18.0 Å². The van der Waals surface area contributed by atoms with E-state index in [9.17, 15) is 8.76 Å². The number of nitrogens with one attached hydrogen (secondary N) is 1. The van der Waals surface area contributed by atoms with Crippen molar-refractivity contribution in [1.82, 2.24) is 9.55 Å². The molecule has 0 amide bonds. The monoisotopic (exact) mass is 462 g/mol. The van der Waals surface area contributed by atoms with Gasteiger partial charge < -0.3 is 19.2 Å². The molecule has 3 aromatic carbocycles. The number of fused-ring (bicyclic) bond motifs is 2. The minimum atomic E-state index is -2.31. The van der Waals surface area contributed by atoms with E-state index >= 15 is 0 Å². The van der Waals surface area contributed by atoms with Gasteiger partial charge in [-0.2, -0.15) is 0 Å². The Morgan fingerprint density at radius 3 is 2.69 bits per heavy atom. The number of aromatic nitrogens is 2. The van der Waals surface area contributed by atoms with Crippen LogP contribution in [0.3, 0.4) is 0 Å². The summed E-state index contributed by atoms with van der Waals surface area (Å²) in [7, 11) is 1.63. The first-order valence-electron chi connectivity index (χ1n) is 9.99. The molecule has 32 heavy (non-hydrogen) atoms. The predicted octanol–water partition coefficient (Wildman–Crippen LogP) is 5.60. The summed E-state index contributed by atoms with van der Waals surface area (Å²) in [4.78, 5) is 4.94. The number of thiophene rings is 1. The molecule has 0 aliphatic rings. The van der Waals surface area contributed by atoms with E-state index in [2.05, 4.69) is 40.4 Å². The molecule has 1 N–H and O–H groups in total. The number of hydrogen-bond donors (Lipinski definition) is 1. The van der Waals surface area contributed by atoms with Gasteiger partial charge >= 0.3 is 0 Å². The van der Waals surface area contributed by atoms with Crippen molar-refractivity contribution in [2.45, 2.75) is 18.4 Å². The highest BCUT2D eigenvalue weighted by Crippen LogP contribution is 2.31. The van der Waals surface area contributed by atoms with Crippen LogP contribution < -0.4 is 10.1 Å². The van der Waals surface area contributed by atoms with Crippen molar-refractivity contribution < 1.29 is 13.5 Å². The summed E-state index contributed by atoms with van der Waals surface area (Å²) >= 11 is -0.588. The minimum absolute atomic E-state index is 0.217. The van der Waals surface area contributed by atoms with Crippen LogP contribution in [-0.2, 0) is 17.6 Å². The van der Waals surface area contributed by atoms with Crippen molar-refractivity contribution in [1.29, 1.82) is 0 Å². The summed E-state index contributed by atoms with van der Waals surface area (Å²) in [6.07, 6.45) is 0. The van der Waals surface area contributed by atoms with E-state index in [1.165, 1.54) is 21.2 Å². The van der Waals surface area contributed by atoms with E-state index in [1.807, 2.05) is 30.3 Å². The number of rotatable bonds is 6. The fraction of sp³-hybridized carbons (Fsp3) is 0.125. The van der Waals surface area contributed by atoms with E-state index in [1.54, 1.807) is 30.6 Å². The lowest BCUT2D eigenvalue weighted by Crippen LogP contribution is -2.05. The molecule has 0 bridgehead atoms. The second kappa shape index (κ2) is 8.38. The van der Waals surface area contributed by atoms with Crippen LogP contribution >= 0.6 is 11.3 Å². The molecule has 0 aliphatic heterocycles. The molecule has 0 aliphatic carbocycles. The highest BCUT2D eigenvalue weighted by atomic mass is 32.2. The molecule has 1 atom stereocenters. The lowest BCUT2D eigenvalue weighted by Gasteiger charge is -2.12. The van der Waals surface area contributed by atoms with Crippen molar-refractivity contribution in [2.75, 3.05) is 12.4 Å². The summed E-state index contributed by atoms with van der Waals surface area (Å²) in [5.41, 5.74) is 4.76. The summed E-state index contributed by atoms with van der Waals surface area (Å²) < 4.78 is 31.5. The van der Waals surface area contributed by atoms with Crippen LogP contribution in [0.5, 0.6) is 5.75 Å². The molecule has 2 heterocycles. The zero-order valence-corrected chi connectivity index (χ0v) is 19.1. The molecular formula is C24H20N3O3S2-. The predicted molar refractivity (Wildman–Crippen MR) is 129 cm³/mol. The van der Waals surface area contributed by atoms with Crippen LogP contribution in [0.1, 0.15) is 11.1 Å². The largest absolute Gasteiger partial charge is 0.768 e. The topological polar surface area (TPSA) is 79.2 Å². The summed E-state index contributed by atoms with van der Waals surface area (Å²) in [5.74, 6) is 1.41. The maximum absolute atomic E-state index is 11.5. The average Bonchev–Trinajstić information content (AvgIpc) is 3.35. The van der Waals surface area contributed by atoms with Crippen LogP contribution in [0, 0.1) is 6.92 Å². The third-order valence-electron chi connectivity index (χ3n) is 5.40. The van der Waals surface area contributed by atoms with Crippen LogP contribution in [0.4, 0.5) is 11.6 Å². The molecule has 0 saturated carbocycles. The van der Waals surface area contributed by atoms with Crippen molar-refractivity contribution >= 4 is 55.2 Å². The Hall–Kier alpha value is -3.20. The Labute approximate surface area is 191 Å². The smallest absolute Gasteiger partial charge is 0.208 e. The number of imidazole rings is 1. The Balaban J connectivity index is 1.61. The number of methoxy groups -OCH3 is 1. The fourth-order valence-electron chi connectivity index (χ4n) is 3.76. The summed E-state index contributed by atoms with van der Waals surface area (Å²) in [5, 5.41) is 6.78. The first-order valence-corrected chi connectivity index (χ1v) is 11.9. The van der Waals surface area contributed by atoms with Crippen molar-refractivity contribution in [2.24, 2.45) is 0 Å². The SMILES string of the molecule is COc1ccc(Nc2nc3cc(S(=O)[O-])ccc3n2Cc2csc3ccc(C)cc23)cc1. The number of hydrogen-bond acceptors (Lipinski definition) is 6. The number of anilines is 2. The molecule has 0 spiro atoms. The fourth-order valence-corrected chi connectivity index (χ4v) is 5.08. The number of nitrogens with zero attached hydrogens (tertiary/aromatic N) is 2. The van der Waals surface area contributed by atoms with Gasteiger partial charge in [0.2, 0.25) is 5.95 Å². The van der Waals surface area contributed by atoms with Gasteiger partial charge in [-0.1, -0.05) is 17.7 Å². The van der Waals surface area contributed by atoms with Crippen LogP contribution in [0.15, 0.2) is 70.9 Å². The lowest BCUT2D eigenvalue weighted by atomic mass is 10.1.